The number of rotatable bonds is 8. The average Bonchev–Trinajstić information content (AvgIpc) is 3.18. The number of ether oxygens (including phenoxy) is 2. The van der Waals surface area contributed by atoms with Crippen LogP contribution in [0.15, 0.2) is 92.7 Å². The molecule has 5 nitrogen and oxygen atoms in total. The summed E-state index contributed by atoms with van der Waals surface area (Å²) in [6.45, 7) is 2.97. The van der Waals surface area contributed by atoms with E-state index in [2.05, 4.69) is 62.2 Å². The molecule has 0 atom stereocenters. The molecule has 0 aromatic heterocycles. The maximum Gasteiger partial charge on any atom is 0.293 e. The summed E-state index contributed by atoms with van der Waals surface area (Å²) in [7, 11) is 0. The molecule has 0 bridgehead atoms. The summed E-state index contributed by atoms with van der Waals surface area (Å²) < 4.78 is 13.7. The van der Waals surface area contributed by atoms with Gasteiger partial charge >= 0.3 is 0 Å². The maximum absolute atomic E-state index is 13.1. The van der Waals surface area contributed by atoms with Gasteiger partial charge in [0.1, 0.15) is 6.61 Å². The first-order chi connectivity index (χ1) is 18.4. The van der Waals surface area contributed by atoms with Crippen molar-refractivity contribution in [3.05, 3.63) is 109 Å². The standard InChI is InChI=1S/C30H23Br2NO4S/c1-2-36-26-14-23(15-28-29(34)33(30(35)38-28)17-19-8-11-24(31)12-9-19)25(32)16-27(26)37-18-20-7-10-21-5-3-4-6-22(21)13-20/h3-16H,2,17-18H2,1H3/b28-15-. The van der Waals surface area contributed by atoms with Crippen molar-refractivity contribution in [2.24, 2.45) is 0 Å². The monoisotopic (exact) mass is 651 g/mol. The summed E-state index contributed by atoms with van der Waals surface area (Å²) in [6.07, 6.45) is 1.71. The van der Waals surface area contributed by atoms with Crippen LogP contribution in [-0.4, -0.2) is 22.7 Å². The van der Waals surface area contributed by atoms with Gasteiger partial charge in [-0.25, -0.2) is 0 Å². The minimum atomic E-state index is -0.315. The topological polar surface area (TPSA) is 55.8 Å². The third kappa shape index (κ3) is 5.98. The molecule has 38 heavy (non-hydrogen) atoms. The van der Waals surface area contributed by atoms with Gasteiger partial charge in [-0.2, -0.15) is 0 Å². The Labute approximate surface area is 242 Å². The average molecular weight is 653 g/mol. The molecule has 1 fully saturated rings. The highest BCUT2D eigenvalue weighted by atomic mass is 79.9. The van der Waals surface area contributed by atoms with Crippen LogP contribution in [-0.2, 0) is 17.9 Å². The number of fused-ring (bicyclic) bond motifs is 1. The molecule has 1 aliphatic heterocycles. The Morgan fingerprint density at radius 1 is 0.842 bits per heavy atom. The number of imide groups is 1. The van der Waals surface area contributed by atoms with E-state index >= 15 is 0 Å². The summed E-state index contributed by atoms with van der Waals surface area (Å²) in [5, 5.41) is 2.05. The van der Waals surface area contributed by atoms with E-state index in [1.807, 2.05) is 55.5 Å². The van der Waals surface area contributed by atoms with Crippen molar-refractivity contribution in [3.8, 4) is 11.5 Å². The zero-order valence-corrected chi connectivity index (χ0v) is 24.4. The van der Waals surface area contributed by atoms with Crippen molar-refractivity contribution >= 4 is 71.6 Å². The van der Waals surface area contributed by atoms with Crippen molar-refractivity contribution in [2.45, 2.75) is 20.1 Å². The van der Waals surface area contributed by atoms with Crippen LogP contribution >= 0.6 is 43.6 Å². The second-order valence-corrected chi connectivity index (χ2v) is 11.4. The van der Waals surface area contributed by atoms with Crippen molar-refractivity contribution in [1.29, 1.82) is 0 Å². The van der Waals surface area contributed by atoms with Crippen LogP contribution in [0, 0.1) is 0 Å². The predicted molar refractivity (Wildman–Crippen MR) is 159 cm³/mol. The first-order valence-electron chi connectivity index (χ1n) is 12.0. The van der Waals surface area contributed by atoms with Gasteiger partial charge in [0.15, 0.2) is 11.5 Å². The number of carbonyl (C=O) groups excluding carboxylic acids is 2. The number of benzene rings is 4. The molecule has 0 radical (unpaired) electrons. The third-order valence-corrected chi connectivity index (χ3v) is 8.11. The normalized spacial score (nSPS) is 14.5. The smallest absolute Gasteiger partial charge is 0.293 e. The van der Waals surface area contributed by atoms with Gasteiger partial charge < -0.3 is 9.47 Å². The number of thioether (sulfide) groups is 1. The fourth-order valence-electron chi connectivity index (χ4n) is 4.08. The number of hydrogen-bond acceptors (Lipinski definition) is 5. The van der Waals surface area contributed by atoms with E-state index in [1.54, 1.807) is 6.08 Å². The molecule has 0 unspecified atom stereocenters. The molecule has 4 aromatic rings. The highest BCUT2D eigenvalue weighted by molar-refractivity contribution is 9.10. The van der Waals surface area contributed by atoms with E-state index in [4.69, 9.17) is 9.47 Å². The minimum absolute atomic E-state index is 0.224. The highest BCUT2D eigenvalue weighted by Gasteiger charge is 2.35. The summed E-state index contributed by atoms with van der Waals surface area (Å²) in [6, 6.07) is 25.7. The Bertz CT molecular complexity index is 1550. The second kappa shape index (κ2) is 11.8. The lowest BCUT2D eigenvalue weighted by atomic mass is 10.1. The number of amides is 2. The van der Waals surface area contributed by atoms with E-state index in [1.165, 1.54) is 10.3 Å². The molecule has 0 spiro atoms. The molecule has 2 amide bonds. The third-order valence-electron chi connectivity index (χ3n) is 5.99. The van der Waals surface area contributed by atoms with E-state index in [9.17, 15) is 9.59 Å². The summed E-state index contributed by atoms with van der Waals surface area (Å²) in [5.74, 6) is 0.841. The lowest BCUT2D eigenvalue weighted by molar-refractivity contribution is -0.123. The van der Waals surface area contributed by atoms with Crippen LogP contribution in [0.25, 0.3) is 16.8 Å². The van der Waals surface area contributed by atoms with Gasteiger partial charge in [0, 0.05) is 8.95 Å². The Hall–Kier alpha value is -3.07. The Balaban J connectivity index is 1.35. The summed E-state index contributed by atoms with van der Waals surface area (Å²) in [5.41, 5.74) is 2.65. The van der Waals surface area contributed by atoms with E-state index < -0.39 is 0 Å². The SMILES string of the molecule is CCOc1cc(/C=C2\SC(=O)N(Cc3ccc(Br)cc3)C2=O)c(Br)cc1OCc1ccc2ccccc2c1. The molecule has 0 saturated carbocycles. The highest BCUT2D eigenvalue weighted by Crippen LogP contribution is 2.39. The molecule has 4 aromatic carbocycles. The zero-order chi connectivity index (χ0) is 26.6. The quantitative estimate of drug-likeness (QED) is 0.179. The maximum atomic E-state index is 13.1. The predicted octanol–water partition coefficient (Wildman–Crippen LogP) is 8.58. The van der Waals surface area contributed by atoms with Gasteiger partial charge in [-0.1, -0.05) is 80.4 Å². The number of nitrogens with zero attached hydrogens (tertiary/aromatic N) is 1. The van der Waals surface area contributed by atoms with Crippen LogP contribution in [0.1, 0.15) is 23.6 Å². The summed E-state index contributed by atoms with van der Waals surface area (Å²) >= 11 is 7.94. The minimum Gasteiger partial charge on any atom is -0.490 e. The van der Waals surface area contributed by atoms with Gasteiger partial charge in [0.05, 0.1) is 18.1 Å². The molecule has 192 valence electrons. The van der Waals surface area contributed by atoms with Crippen LogP contribution < -0.4 is 9.47 Å². The fraction of sp³-hybridized carbons (Fsp3) is 0.133. The summed E-state index contributed by atoms with van der Waals surface area (Å²) in [4.78, 5) is 27.3. The fourth-order valence-corrected chi connectivity index (χ4v) is 5.61. The lowest BCUT2D eigenvalue weighted by Gasteiger charge is -2.15. The van der Waals surface area contributed by atoms with Gasteiger partial charge in [-0.05, 0) is 82.6 Å². The van der Waals surface area contributed by atoms with Gasteiger partial charge in [0.25, 0.3) is 11.1 Å². The Morgan fingerprint density at radius 2 is 1.55 bits per heavy atom. The van der Waals surface area contributed by atoms with Crippen LogP contribution in [0.5, 0.6) is 11.5 Å². The molecular formula is C30H23Br2NO4S. The van der Waals surface area contributed by atoms with Gasteiger partial charge in [0.2, 0.25) is 0 Å². The second-order valence-electron chi connectivity index (χ2n) is 8.62. The van der Waals surface area contributed by atoms with E-state index in [-0.39, 0.29) is 17.7 Å². The first-order valence-corrected chi connectivity index (χ1v) is 14.4. The number of hydrogen-bond donors (Lipinski definition) is 0. The van der Waals surface area contributed by atoms with Crippen LogP contribution in [0.2, 0.25) is 0 Å². The molecule has 0 aliphatic carbocycles. The van der Waals surface area contributed by atoms with Gasteiger partial charge in [-0.3, -0.25) is 14.5 Å². The Kier molecular flexibility index (Phi) is 8.21. The molecule has 8 heteroatoms. The molecule has 0 N–H and O–H groups in total. The molecule has 1 heterocycles. The molecular weight excluding hydrogens is 630 g/mol. The number of carbonyl (C=O) groups is 2. The van der Waals surface area contributed by atoms with Gasteiger partial charge in [-0.15, -0.1) is 0 Å². The van der Waals surface area contributed by atoms with Crippen molar-refractivity contribution in [1.82, 2.24) is 4.90 Å². The first kappa shape index (κ1) is 26.5. The molecule has 1 saturated heterocycles. The molecule has 5 rings (SSSR count). The zero-order valence-electron chi connectivity index (χ0n) is 20.4. The van der Waals surface area contributed by atoms with Crippen LogP contribution in [0.4, 0.5) is 4.79 Å². The Morgan fingerprint density at radius 3 is 2.32 bits per heavy atom. The van der Waals surface area contributed by atoms with E-state index in [0.29, 0.717) is 29.6 Å². The van der Waals surface area contributed by atoms with Crippen molar-refractivity contribution in [2.75, 3.05) is 6.61 Å². The molecule has 1 aliphatic rings. The van der Waals surface area contributed by atoms with E-state index in [0.717, 1.165) is 42.8 Å². The number of halogens is 2. The lowest BCUT2D eigenvalue weighted by Crippen LogP contribution is -2.27. The van der Waals surface area contributed by atoms with Crippen molar-refractivity contribution < 1.29 is 19.1 Å². The van der Waals surface area contributed by atoms with Crippen LogP contribution in [0.3, 0.4) is 0 Å². The largest absolute Gasteiger partial charge is 0.490 e. The van der Waals surface area contributed by atoms with Crippen molar-refractivity contribution in [3.63, 3.8) is 0 Å².